The molecule has 1 aliphatic rings. The first-order chi connectivity index (χ1) is 31.6. The lowest BCUT2D eigenvalue weighted by Crippen LogP contribution is -2.41. The SMILES string of the molecule is C=C(CCC(=O)O)O[C@H]1[C@@H](OC)[C@H](n2cnc3c(NC(=O)c4ccccc4)ncnc32)O[C@@H]1COC(c1ccccc1)(c1ccc(OC)cc1)c1ccc(OC)cc1.CCN(CC)CC. The number of anilines is 1. The maximum atomic E-state index is 13.1. The summed E-state index contributed by atoms with van der Waals surface area (Å²) in [6.07, 6.45) is -0.561. The fourth-order valence-corrected chi connectivity index (χ4v) is 7.81. The number of carbonyl (C=O) groups is 2. The van der Waals surface area contributed by atoms with Gasteiger partial charge in [-0.3, -0.25) is 14.2 Å². The van der Waals surface area contributed by atoms with Crippen LogP contribution in [0.4, 0.5) is 5.82 Å². The highest BCUT2D eigenvalue weighted by molar-refractivity contribution is 6.06. The molecule has 3 heterocycles. The van der Waals surface area contributed by atoms with Gasteiger partial charge in [-0.15, -0.1) is 0 Å². The fourth-order valence-electron chi connectivity index (χ4n) is 7.81. The predicted molar refractivity (Wildman–Crippen MR) is 247 cm³/mol. The van der Waals surface area contributed by atoms with Crippen molar-refractivity contribution >= 4 is 28.9 Å². The predicted octanol–water partition coefficient (Wildman–Crippen LogP) is 8.13. The molecule has 7 rings (SSSR count). The lowest BCUT2D eigenvalue weighted by Gasteiger charge is -2.37. The highest BCUT2D eigenvalue weighted by Crippen LogP contribution is 2.44. The molecular weight excluding hydrogens is 829 g/mol. The molecular formula is C50H58N6O9. The molecule has 65 heavy (non-hydrogen) atoms. The fraction of sp³-hybridized carbons (Fsp3) is 0.340. The summed E-state index contributed by atoms with van der Waals surface area (Å²) >= 11 is 0. The first-order valence-electron chi connectivity index (χ1n) is 21.6. The second kappa shape index (κ2) is 22.8. The molecule has 0 spiro atoms. The van der Waals surface area contributed by atoms with Crippen LogP contribution < -0.4 is 14.8 Å². The van der Waals surface area contributed by atoms with Crippen molar-refractivity contribution in [3.8, 4) is 11.5 Å². The number of aliphatic carboxylic acids is 1. The Labute approximate surface area is 380 Å². The van der Waals surface area contributed by atoms with Gasteiger partial charge in [0.15, 0.2) is 29.3 Å². The third-order valence-corrected chi connectivity index (χ3v) is 11.4. The molecule has 1 fully saturated rings. The van der Waals surface area contributed by atoms with Crippen LogP contribution in [0.15, 0.2) is 134 Å². The molecule has 2 N–H and O–H groups in total. The van der Waals surface area contributed by atoms with Crippen LogP contribution in [0.1, 0.15) is 66.9 Å². The molecule has 2 aromatic heterocycles. The number of hydrogen-bond donors (Lipinski definition) is 2. The van der Waals surface area contributed by atoms with Crippen LogP contribution in [0, 0.1) is 0 Å². The zero-order chi connectivity index (χ0) is 46.3. The number of imidazole rings is 1. The molecule has 1 saturated heterocycles. The molecule has 15 heteroatoms. The van der Waals surface area contributed by atoms with E-state index in [9.17, 15) is 14.7 Å². The van der Waals surface area contributed by atoms with Crippen LogP contribution in [0.5, 0.6) is 11.5 Å². The molecule has 0 bridgehead atoms. The molecule has 0 radical (unpaired) electrons. The topological polar surface area (TPSA) is 169 Å². The summed E-state index contributed by atoms with van der Waals surface area (Å²) in [6, 6.07) is 33.9. The van der Waals surface area contributed by atoms with Gasteiger partial charge in [-0.05, 0) is 72.7 Å². The van der Waals surface area contributed by atoms with Crippen molar-refractivity contribution < 1.29 is 43.1 Å². The maximum Gasteiger partial charge on any atom is 0.303 e. The van der Waals surface area contributed by atoms with Gasteiger partial charge in [0.25, 0.3) is 5.91 Å². The Morgan fingerprint density at radius 3 is 1.86 bits per heavy atom. The van der Waals surface area contributed by atoms with Gasteiger partial charge in [0.1, 0.15) is 35.6 Å². The van der Waals surface area contributed by atoms with Crippen LogP contribution in [0.2, 0.25) is 0 Å². The van der Waals surface area contributed by atoms with E-state index in [1.165, 1.54) is 39.4 Å². The van der Waals surface area contributed by atoms with E-state index < -0.39 is 36.1 Å². The highest BCUT2D eigenvalue weighted by atomic mass is 16.6. The number of ether oxygens (including phenoxy) is 6. The molecule has 4 atom stereocenters. The average Bonchev–Trinajstić information content (AvgIpc) is 3.94. The number of aromatic nitrogens is 4. The lowest BCUT2D eigenvalue weighted by atomic mass is 9.80. The highest BCUT2D eigenvalue weighted by Gasteiger charge is 2.50. The number of hydrogen-bond acceptors (Lipinski definition) is 12. The van der Waals surface area contributed by atoms with Crippen molar-refractivity contribution in [2.75, 3.05) is 52.9 Å². The summed E-state index contributed by atoms with van der Waals surface area (Å²) in [5, 5.41) is 12.3. The van der Waals surface area contributed by atoms with Gasteiger partial charge < -0.3 is 43.7 Å². The van der Waals surface area contributed by atoms with Crippen molar-refractivity contribution in [3.63, 3.8) is 0 Å². The molecule has 6 aromatic rings. The van der Waals surface area contributed by atoms with Gasteiger partial charge in [0.05, 0.1) is 39.3 Å². The van der Waals surface area contributed by atoms with Crippen LogP contribution in [0.25, 0.3) is 11.2 Å². The van der Waals surface area contributed by atoms with Gasteiger partial charge in [-0.2, -0.15) is 0 Å². The largest absolute Gasteiger partial charge is 0.497 e. The number of nitrogens with one attached hydrogen (secondary N) is 1. The maximum absolute atomic E-state index is 13.1. The lowest BCUT2D eigenvalue weighted by molar-refractivity contribution is -0.137. The van der Waals surface area contributed by atoms with Gasteiger partial charge >= 0.3 is 5.97 Å². The van der Waals surface area contributed by atoms with E-state index in [0.29, 0.717) is 28.2 Å². The van der Waals surface area contributed by atoms with E-state index in [4.69, 9.17) is 28.4 Å². The summed E-state index contributed by atoms with van der Waals surface area (Å²) in [5.41, 5.74) is 2.43. The summed E-state index contributed by atoms with van der Waals surface area (Å²) in [4.78, 5) is 40.4. The number of allylic oxidation sites excluding steroid dienone is 1. The minimum absolute atomic E-state index is 0.0415. The Morgan fingerprint density at radius 1 is 0.769 bits per heavy atom. The summed E-state index contributed by atoms with van der Waals surface area (Å²) in [6.45, 7) is 14.1. The number of fused-ring (bicyclic) bond motifs is 1. The molecule has 0 unspecified atom stereocenters. The van der Waals surface area contributed by atoms with Crippen LogP contribution in [-0.2, 0) is 29.3 Å². The second-order valence-corrected chi connectivity index (χ2v) is 15.1. The Kier molecular flexibility index (Phi) is 16.8. The second-order valence-electron chi connectivity index (χ2n) is 15.1. The number of carboxylic acids is 1. The van der Waals surface area contributed by atoms with E-state index in [1.807, 2.05) is 84.9 Å². The number of nitrogens with zero attached hydrogens (tertiary/aromatic N) is 5. The molecule has 0 aliphatic carbocycles. The first kappa shape index (κ1) is 47.8. The Balaban J connectivity index is 0.000000925. The molecule has 0 saturated carbocycles. The van der Waals surface area contributed by atoms with Crippen molar-refractivity contribution in [1.29, 1.82) is 0 Å². The molecule has 342 valence electrons. The van der Waals surface area contributed by atoms with Crippen molar-refractivity contribution in [3.05, 3.63) is 156 Å². The van der Waals surface area contributed by atoms with E-state index in [2.05, 4.69) is 52.5 Å². The quantitative estimate of drug-likeness (QED) is 0.0558. The zero-order valence-corrected chi connectivity index (χ0v) is 37.8. The summed E-state index contributed by atoms with van der Waals surface area (Å²) in [7, 11) is 4.76. The standard InChI is InChI=1S/C44H43N5O9.C6H15N/c1-28(15-24-36(50)51)57-38-35(58-43(39(38)55-4)49-27-47-37-40(45-26-46-41(37)49)48-42(52)29-11-7-5-8-12-29)25-56-44(30-13-9-6-10-14-30,31-16-20-33(53-2)21-17-31)32-18-22-34(54-3)23-19-32;1-4-7(5-2)6-3/h5-14,16-23,26-27,35,38-39,43H,1,15,24-25H2,2-4H3,(H,50,51)(H,45,46,48,52);4-6H2,1-3H3/t35-,38-,39-,43-;/m1./s1. The molecule has 4 aromatic carbocycles. The number of benzene rings is 4. The summed E-state index contributed by atoms with van der Waals surface area (Å²) < 4.78 is 39.3. The van der Waals surface area contributed by atoms with E-state index in [-0.39, 0.29) is 36.9 Å². The van der Waals surface area contributed by atoms with Gasteiger partial charge in [-0.1, -0.05) is 100 Å². The molecule has 15 nitrogen and oxygen atoms in total. The Morgan fingerprint density at radius 2 is 1.34 bits per heavy atom. The molecule has 1 amide bonds. The Hall–Kier alpha value is -6.65. The first-order valence-corrected chi connectivity index (χ1v) is 21.6. The van der Waals surface area contributed by atoms with Crippen LogP contribution in [0.3, 0.4) is 0 Å². The number of amides is 1. The van der Waals surface area contributed by atoms with Crippen molar-refractivity contribution in [1.82, 2.24) is 24.4 Å². The van der Waals surface area contributed by atoms with Gasteiger partial charge in [0, 0.05) is 19.1 Å². The number of rotatable bonds is 20. The van der Waals surface area contributed by atoms with E-state index in [1.54, 1.807) is 43.1 Å². The van der Waals surface area contributed by atoms with E-state index >= 15 is 0 Å². The molecule has 1 aliphatic heterocycles. The number of carboxylic acid groups (broad SMARTS) is 1. The third kappa shape index (κ3) is 11.2. The average molecular weight is 887 g/mol. The van der Waals surface area contributed by atoms with Crippen LogP contribution in [-0.4, -0.2) is 107 Å². The smallest absolute Gasteiger partial charge is 0.303 e. The van der Waals surface area contributed by atoms with E-state index in [0.717, 1.165) is 16.7 Å². The van der Waals surface area contributed by atoms with Crippen molar-refractivity contribution in [2.24, 2.45) is 0 Å². The van der Waals surface area contributed by atoms with Crippen molar-refractivity contribution in [2.45, 2.75) is 63.8 Å². The minimum atomic E-state index is -1.19. The minimum Gasteiger partial charge on any atom is -0.497 e. The number of carbonyl (C=O) groups excluding carboxylic acids is 1. The monoisotopic (exact) mass is 886 g/mol. The zero-order valence-electron chi connectivity index (χ0n) is 37.8. The summed E-state index contributed by atoms with van der Waals surface area (Å²) in [5.74, 6) is 0.469. The Bertz CT molecular complexity index is 2390. The normalized spacial score (nSPS) is 17.0. The number of methoxy groups -OCH3 is 3. The third-order valence-electron chi connectivity index (χ3n) is 11.4. The van der Waals surface area contributed by atoms with Gasteiger partial charge in [-0.25, -0.2) is 15.0 Å². The van der Waals surface area contributed by atoms with Crippen LogP contribution >= 0.6 is 0 Å². The van der Waals surface area contributed by atoms with Gasteiger partial charge in [0.2, 0.25) is 0 Å².